The Morgan fingerprint density at radius 3 is 1.00 bits per heavy atom. The van der Waals surface area contributed by atoms with Crippen molar-refractivity contribution in [2.45, 2.75) is 138 Å². The summed E-state index contributed by atoms with van der Waals surface area (Å²) in [5, 5.41) is 0. The molecule has 184 valence electrons. The number of hydrogen-bond acceptors (Lipinski definition) is 0. The number of rotatable bonds is 3. The molecule has 0 radical (unpaired) electrons. The monoisotopic (exact) mass is 440 g/mol. The Morgan fingerprint density at radius 1 is 0.469 bits per heavy atom. The molecule has 9 aliphatic rings. The maximum Gasteiger partial charge on any atom is -0.0267 e. The quantitative estimate of drug-likeness (QED) is 0.409. The fourth-order valence-electron chi connectivity index (χ4n) is 10.5. The van der Waals surface area contributed by atoms with Gasteiger partial charge in [0.25, 0.3) is 0 Å². The van der Waals surface area contributed by atoms with E-state index in [2.05, 4.69) is 48.5 Å². The number of hydrogen-bond donors (Lipinski definition) is 0. The van der Waals surface area contributed by atoms with Gasteiger partial charge in [0.1, 0.15) is 0 Å². The van der Waals surface area contributed by atoms with Crippen LogP contribution in [0.5, 0.6) is 0 Å². The fourth-order valence-corrected chi connectivity index (χ4v) is 10.5. The van der Waals surface area contributed by atoms with Crippen LogP contribution in [-0.4, -0.2) is 0 Å². The summed E-state index contributed by atoms with van der Waals surface area (Å²) in [7, 11) is 0. The fraction of sp³-hybridized carbons (Fsp3) is 1.00. The predicted octanol–water partition coefficient (Wildman–Crippen LogP) is 9.91. The zero-order valence-electron chi connectivity index (χ0n) is 22.9. The predicted molar refractivity (Wildman–Crippen MR) is 139 cm³/mol. The Hall–Kier alpha value is 0. The third kappa shape index (κ3) is 3.94. The molecule has 0 spiro atoms. The molecule has 32 heavy (non-hydrogen) atoms. The minimum atomic E-state index is 0.754. The zero-order valence-corrected chi connectivity index (χ0v) is 22.9. The van der Waals surface area contributed by atoms with Crippen LogP contribution in [-0.2, 0) is 0 Å². The lowest BCUT2D eigenvalue weighted by Gasteiger charge is -2.64. The highest BCUT2D eigenvalue weighted by Crippen LogP contribution is 2.68. The SMILES string of the molecule is CC(C)C12CC(C1)C2.CC(C)C12CC3CC(CC(C3)C1)C2.CC(C)C12CCC(C)(CC1)C2. The second kappa shape index (κ2) is 8.01. The molecular formula is C32H56. The van der Waals surface area contributed by atoms with Crippen LogP contribution in [0.25, 0.3) is 0 Å². The molecule has 0 aromatic carbocycles. The summed E-state index contributed by atoms with van der Waals surface area (Å²) in [5.41, 5.74) is 3.19. The van der Waals surface area contributed by atoms with Gasteiger partial charge in [-0.2, -0.15) is 0 Å². The van der Waals surface area contributed by atoms with E-state index in [1.807, 2.05) is 0 Å². The molecule has 9 rings (SSSR count). The first-order valence-electron chi connectivity index (χ1n) is 15.0. The van der Waals surface area contributed by atoms with Crippen molar-refractivity contribution in [1.82, 2.24) is 0 Å². The van der Waals surface area contributed by atoms with Gasteiger partial charge in [-0.3, -0.25) is 0 Å². The third-order valence-corrected chi connectivity index (χ3v) is 13.1. The zero-order chi connectivity index (χ0) is 22.9. The highest BCUT2D eigenvalue weighted by molar-refractivity contribution is 5.08. The number of fused-ring (bicyclic) bond motifs is 2. The van der Waals surface area contributed by atoms with E-state index < -0.39 is 0 Å². The van der Waals surface area contributed by atoms with E-state index >= 15 is 0 Å². The summed E-state index contributed by atoms with van der Waals surface area (Å²) >= 11 is 0. The molecule has 0 saturated heterocycles. The average molecular weight is 441 g/mol. The molecule has 0 amide bonds. The first kappa shape index (κ1) is 23.7. The van der Waals surface area contributed by atoms with Gasteiger partial charge in [-0.25, -0.2) is 0 Å². The van der Waals surface area contributed by atoms with E-state index in [0.717, 1.165) is 63.1 Å². The molecule has 9 fully saturated rings. The van der Waals surface area contributed by atoms with E-state index in [9.17, 15) is 0 Å². The smallest absolute Gasteiger partial charge is 0.0267 e. The maximum atomic E-state index is 2.49. The molecule has 0 N–H and O–H groups in total. The molecule has 0 nitrogen and oxygen atoms in total. The average Bonchev–Trinajstić information content (AvgIpc) is 3.14. The van der Waals surface area contributed by atoms with Crippen LogP contribution in [0.15, 0.2) is 0 Å². The lowest BCUT2D eigenvalue weighted by Crippen LogP contribution is -2.54. The molecule has 0 heteroatoms. The van der Waals surface area contributed by atoms with Crippen molar-refractivity contribution in [2.24, 2.45) is 63.1 Å². The molecule has 0 aromatic heterocycles. The van der Waals surface area contributed by atoms with Crippen LogP contribution >= 0.6 is 0 Å². The van der Waals surface area contributed by atoms with Crippen molar-refractivity contribution in [3.8, 4) is 0 Å². The summed E-state index contributed by atoms with van der Waals surface area (Å²) in [6.07, 6.45) is 21.8. The van der Waals surface area contributed by atoms with Crippen molar-refractivity contribution in [3.63, 3.8) is 0 Å². The molecule has 8 bridgehead atoms. The molecule has 9 saturated carbocycles. The summed E-state index contributed by atoms with van der Waals surface area (Å²) in [4.78, 5) is 0. The summed E-state index contributed by atoms with van der Waals surface area (Å²) in [6, 6.07) is 0. The van der Waals surface area contributed by atoms with Gasteiger partial charge in [-0.15, -0.1) is 0 Å². The van der Waals surface area contributed by atoms with Crippen molar-refractivity contribution in [3.05, 3.63) is 0 Å². The van der Waals surface area contributed by atoms with Gasteiger partial charge < -0.3 is 0 Å². The third-order valence-electron chi connectivity index (χ3n) is 13.1. The summed E-state index contributed by atoms with van der Waals surface area (Å²) in [6.45, 7) is 17.0. The molecule has 0 atom stereocenters. The van der Waals surface area contributed by atoms with Gasteiger partial charge in [-0.05, 0) is 153 Å². The Labute approximate surface area is 201 Å². The van der Waals surface area contributed by atoms with Gasteiger partial charge >= 0.3 is 0 Å². The maximum absolute atomic E-state index is 2.49. The summed E-state index contributed by atoms with van der Waals surface area (Å²) in [5.74, 6) is 7.40. The van der Waals surface area contributed by atoms with Crippen molar-refractivity contribution in [2.75, 3.05) is 0 Å². The van der Waals surface area contributed by atoms with Crippen LogP contribution in [0.1, 0.15) is 138 Å². The minimum Gasteiger partial charge on any atom is -0.0622 e. The van der Waals surface area contributed by atoms with Crippen molar-refractivity contribution < 1.29 is 0 Å². The lowest BCUT2D eigenvalue weighted by atomic mass is 9.41. The van der Waals surface area contributed by atoms with Gasteiger partial charge in [0.05, 0.1) is 0 Å². The minimum absolute atomic E-state index is 0.754. The summed E-state index contributed by atoms with van der Waals surface area (Å²) < 4.78 is 0. The Bertz CT molecular complexity index is 618. The lowest BCUT2D eigenvalue weighted by molar-refractivity contribution is -0.141. The molecular weight excluding hydrogens is 384 g/mol. The van der Waals surface area contributed by atoms with E-state index in [4.69, 9.17) is 0 Å². The van der Waals surface area contributed by atoms with Crippen LogP contribution < -0.4 is 0 Å². The van der Waals surface area contributed by atoms with E-state index in [1.54, 1.807) is 57.8 Å². The van der Waals surface area contributed by atoms with Gasteiger partial charge in [0, 0.05) is 0 Å². The highest BCUT2D eigenvalue weighted by Gasteiger charge is 2.57. The van der Waals surface area contributed by atoms with Crippen molar-refractivity contribution in [1.29, 1.82) is 0 Å². The van der Waals surface area contributed by atoms with Gasteiger partial charge in [0.2, 0.25) is 0 Å². The van der Waals surface area contributed by atoms with Crippen LogP contribution in [0.4, 0.5) is 0 Å². The van der Waals surface area contributed by atoms with Crippen LogP contribution in [0, 0.1) is 63.1 Å². The molecule has 0 aliphatic heterocycles. The standard InChI is InChI=1S/C13H22.C11H20.C8H14/c1-9(2)13-6-10-3-11(7-13)5-12(4-10)8-13;1-9(2)11-6-4-10(3,8-11)5-7-11;1-6(2)8-3-7(4-8)5-8/h9-12H,3-8H2,1-2H3;9H,4-8H2,1-3H3;6-7H,3-5H2,1-2H3. The Kier molecular flexibility index (Phi) is 5.94. The van der Waals surface area contributed by atoms with E-state index in [1.165, 1.54) is 32.1 Å². The van der Waals surface area contributed by atoms with E-state index in [0.29, 0.717) is 0 Å². The topological polar surface area (TPSA) is 0 Å². The normalized spacial score (nSPS) is 51.2. The Morgan fingerprint density at radius 2 is 0.812 bits per heavy atom. The van der Waals surface area contributed by atoms with Gasteiger partial charge in [-0.1, -0.05) is 48.5 Å². The van der Waals surface area contributed by atoms with E-state index in [-0.39, 0.29) is 0 Å². The molecule has 9 aliphatic carbocycles. The second-order valence-electron chi connectivity index (χ2n) is 15.9. The first-order chi connectivity index (χ1) is 15.0. The first-order valence-corrected chi connectivity index (χ1v) is 15.0. The highest BCUT2D eigenvalue weighted by atomic mass is 14.6. The van der Waals surface area contributed by atoms with Crippen LogP contribution in [0.2, 0.25) is 0 Å². The molecule has 0 unspecified atom stereocenters. The van der Waals surface area contributed by atoms with Crippen molar-refractivity contribution >= 4 is 0 Å². The second-order valence-corrected chi connectivity index (χ2v) is 15.9. The van der Waals surface area contributed by atoms with Gasteiger partial charge in [0.15, 0.2) is 0 Å². The molecule has 0 aromatic rings. The van der Waals surface area contributed by atoms with Crippen LogP contribution in [0.3, 0.4) is 0 Å². The molecule has 0 heterocycles. The largest absolute Gasteiger partial charge is 0.0622 e. The Balaban J connectivity index is 0.000000104.